The molecule has 30 heavy (non-hydrogen) atoms. The normalized spacial score (nSPS) is 10.9. The first kappa shape index (κ1) is 19.6. The summed E-state index contributed by atoms with van der Waals surface area (Å²) in [6.45, 7) is 0. The lowest BCUT2D eigenvalue weighted by Crippen LogP contribution is -2.38. The third kappa shape index (κ3) is 3.18. The zero-order valence-corrected chi connectivity index (χ0v) is 16.9. The van der Waals surface area contributed by atoms with Crippen LogP contribution in [0.5, 0.6) is 17.2 Å². The van der Waals surface area contributed by atoms with Crippen LogP contribution in [0.3, 0.4) is 0 Å². The van der Waals surface area contributed by atoms with E-state index >= 15 is 0 Å². The van der Waals surface area contributed by atoms with Gasteiger partial charge in [-0.25, -0.2) is 18.5 Å². The van der Waals surface area contributed by atoms with Gasteiger partial charge >= 0.3 is 11.4 Å². The lowest BCUT2D eigenvalue weighted by Gasteiger charge is -2.13. The molecule has 0 amide bonds. The summed E-state index contributed by atoms with van der Waals surface area (Å²) < 4.78 is 31.0. The number of methoxy groups -OCH3 is 3. The van der Waals surface area contributed by atoms with Gasteiger partial charge in [-0.15, -0.1) is 5.10 Å². The minimum Gasteiger partial charge on any atom is -0.493 e. The van der Waals surface area contributed by atoms with Gasteiger partial charge in [-0.05, 0) is 36.4 Å². The van der Waals surface area contributed by atoms with Crippen molar-refractivity contribution in [1.29, 1.82) is 0 Å². The maximum atomic E-state index is 13.2. The van der Waals surface area contributed by atoms with E-state index in [1.807, 2.05) is 0 Å². The molecule has 4 aromatic rings. The second-order valence-electron chi connectivity index (χ2n) is 6.00. The van der Waals surface area contributed by atoms with Gasteiger partial charge in [-0.3, -0.25) is 0 Å². The molecule has 11 heteroatoms. The number of rotatable bonds is 5. The quantitative estimate of drug-likeness (QED) is 0.479. The van der Waals surface area contributed by atoms with Crippen LogP contribution in [0.2, 0.25) is 0 Å². The van der Waals surface area contributed by atoms with Crippen molar-refractivity contribution < 1.29 is 18.6 Å². The molecule has 0 N–H and O–H groups in total. The second kappa shape index (κ2) is 7.59. The molecule has 0 spiro atoms. The summed E-state index contributed by atoms with van der Waals surface area (Å²) in [6, 6.07) is 8.29. The van der Waals surface area contributed by atoms with Crippen molar-refractivity contribution in [3.05, 3.63) is 63.2 Å². The summed E-state index contributed by atoms with van der Waals surface area (Å²) in [6.07, 6.45) is 0. The van der Waals surface area contributed by atoms with E-state index in [2.05, 4.69) is 10.1 Å². The molecule has 0 saturated carbocycles. The number of hydrogen-bond donors (Lipinski definition) is 0. The van der Waals surface area contributed by atoms with Crippen LogP contribution >= 0.6 is 11.3 Å². The van der Waals surface area contributed by atoms with Gasteiger partial charge in [0, 0.05) is 5.56 Å². The molecule has 0 radical (unpaired) electrons. The van der Waals surface area contributed by atoms with Gasteiger partial charge in [0.1, 0.15) is 10.8 Å². The minimum absolute atomic E-state index is 0.118. The van der Waals surface area contributed by atoms with Gasteiger partial charge in [0.05, 0.1) is 27.0 Å². The summed E-state index contributed by atoms with van der Waals surface area (Å²) in [5.74, 6) is 0.755. The number of ether oxygens (including phenoxy) is 3. The Balaban J connectivity index is 1.91. The summed E-state index contributed by atoms with van der Waals surface area (Å²) in [5, 5.41) is 4.72. The molecule has 0 saturated heterocycles. The Kier molecular flexibility index (Phi) is 4.96. The van der Waals surface area contributed by atoms with Crippen molar-refractivity contribution in [1.82, 2.24) is 19.2 Å². The number of halogens is 1. The molecule has 2 heterocycles. The average Bonchev–Trinajstić information content (AvgIpc) is 3.18. The van der Waals surface area contributed by atoms with Crippen molar-refractivity contribution in [3.8, 4) is 33.5 Å². The summed E-state index contributed by atoms with van der Waals surface area (Å²) in [4.78, 5) is 29.4. The topological polar surface area (TPSA) is 97.0 Å². The monoisotopic (exact) mass is 430 g/mol. The fraction of sp³-hybridized carbons (Fsp3) is 0.158. The fourth-order valence-electron chi connectivity index (χ4n) is 2.92. The highest BCUT2D eigenvalue weighted by atomic mass is 32.1. The number of nitrogens with zero attached hydrogens (tertiary/aromatic N) is 4. The number of fused-ring (bicyclic) bond motifs is 1. The maximum absolute atomic E-state index is 13.2. The van der Waals surface area contributed by atoms with Gasteiger partial charge in [-0.2, -0.15) is 9.50 Å². The molecule has 0 aliphatic carbocycles. The Morgan fingerprint density at radius 1 is 0.967 bits per heavy atom. The predicted molar refractivity (Wildman–Crippen MR) is 108 cm³/mol. The van der Waals surface area contributed by atoms with Crippen molar-refractivity contribution in [2.45, 2.75) is 0 Å². The van der Waals surface area contributed by atoms with Crippen LogP contribution < -0.4 is 25.6 Å². The maximum Gasteiger partial charge on any atom is 0.360 e. The zero-order chi connectivity index (χ0) is 21.4. The molecule has 0 fully saturated rings. The SMILES string of the molecule is COc1cc(-c2nn3c(=O)n(-c4ccc(F)cc4)c(=O)nc3s2)cc(OC)c1OC. The average molecular weight is 430 g/mol. The van der Waals surface area contributed by atoms with Crippen LogP contribution in [0.15, 0.2) is 46.0 Å². The third-order valence-corrected chi connectivity index (χ3v) is 5.27. The molecular formula is C19H15FN4O5S. The van der Waals surface area contributed by atoms with Gasteiger partial charge in [0.15, 0.2) is 11.5 Å². The van der Waals surface area contributed by atoms with Crippen molar-refractivity contribution in [3.63, 3.8) is 0 Å². The Bertz CT molecular complexity index is 1340. The highest BCUT2D eigenvalue weighted by Gasteiger charge is 2.19. The lowest BCUT2D eigenvalue weighted by molar-refractivity contribution is 0.324. The van der Waals surface area contributed by atoms with E-state index in [0.717, 1.165) is 32.6 Å². The largest absolute Gasteiger partial charge is 0.493 e. The smallest absolute Gasteiger partial charge is 0.360 e. The highest BCUT2D eigenvalue weighted by molar-refractivity contribution is 7.19. The van der Waals surface area contributed by atoms with Crippen molar-refractivity contribution in [2.75, 3.05) is 21.3 Å². The molecule has 0 unspecified atom stereocenters. The van der Waals surface area contributed by atoms with Crippen LogP contribution in [0.25, 0.3) is 21.2 Å². The first-order valence-electron chi connectivity index (χ1n) is 8.56. The Morgan fingerprint density at radius 3 is 2.17 bits per heavy atom. The zero-order valence-electron chi connectivity index (χ0n) is 16.1. The number of hydrogen-bond acceptors (Lipinski definition) is 8. The van der Waals surface area contributed by atoms with Crippen molar-refractivity contribution in [2.24, 2.45) is 0 Å². The molecule has 2 aromatic carbocycles. The molecular weight excluding hydrogens is 415 g/mol. The minimum atomic E-state index is -0.785. The molecule has 0 aliphatic heterocycles. The second-order valence-corrected chi connectivity index (χ2v) is 6.96. The third-order valence-electron chi connectivity index (χ3n) is 4.31. The lowest BCUT2D eigenvalue weighted by atomic mass is 10.2. The summed E-state index contributed by atoms with van der Waals surface area (Å²) in [7, 11) is 4.47. The summed E-state index contributed by atoms with van der Waals surface area (Å²) >= 11 is 1.05. The molecule has 0 atom stereocenters. The van der Waals surface area contributed by atoms with Gasteiger partial charge in [0.25, 0.3) is 0 Å². The van der Waals surface area contributed by atoms with Crippen LogP contribution in [-0.4, -0.2) is 40.5 Å². The van der Waals surface area contributed by atoms with E-state index < -0.39 is 17.2 Å². The molecule has 9 nitrogen and oxygen atoms in total. The van der Waals surface area contributed by atoms with Crippen LogP contribution in [0.1, 0.15) is 0 Å². The molecule has 2 aromatic heterocycles. The highest BCUT2D eigenvalue weighted by Crippen LogP contribution is 2.41. The Hall–Kier alpha value is -3.73. The first-order valence-corrected chi connectivity index (χ1v) is 9.37. The van der Waals surface area contributed by atoms with Crippen LogP contribution in [0, 0.1) is 5.82 Å². The fourth-order valence-corrected chi connectivity index (χ4v) is 3.78. The Labute approximate surface area is 172 Å². The Morgan fingerprint density at radius 2 is 1.60 bits per heavy atom. The van der Waals surface area contributed by atoms with E-state index in [1.54, 1.807) is 12.1 Å². The van der Waals surface area contributed by atoms with Crippen LogP contribution in [-0.2, 0) is 0 Å². The van der Waals surface area contributed by atoms with E-state index in [0.29, 0.717) is 27.8 Å². The van der Waals surface area contributed by atoms with Gasteiger partial charge < -0.3 is 14.2 Å². The first-order chi connectivity index (χ1) is 14.5. The van der Waals surface area contributed by atoms with E-state index in [9.17, 15) is 14.0 Å². The number of benzene rings is 2. The van der Waals surface area contributed by atoms with E-state index in [-0.39, 0.29) is 10.6 Å². The van der Waals surface area contributed by atoms with Crippen LogP contribution in [0.4, 0.5) is 4.39 Å². The molecule has 154 valence electrons. The van der Waals surface area contributed by atoms with Gasteiger partial charge in [0.2, 0.25) is 10.7 Å². The van der Waals surface area contributed by atoms with E-state index in [4.69, 9.17) is 14.2 Å². The number of aromatic nitrogens is 4. The van der Waals surface area contributed by atoms with E-state index in [1.165, 1.54) is 33.5 Å². The van der Waals surface area contributed by atoms with Gasteiger partial charge in [-0.1, -0.05) is 11.3 Å². The van der Waals surface area contributed by atoms with Crippen molar-refractivity contribution >= 4 is 16.3 Å². The summed E-state index contributed by atoms with van der Waals surface area (Å²) in [5.41, 5.74) is -0.728. The molecule has 4 rings (SSSR count). The predicted octanol–water partition coefficient (Wildman–Crippen LogP) is 2.13. The molecule has 0 bridgehead atoms. The molecule has 0 aliphatic rings. The standard InChI is InChI=1S/C19H15FN4O5S/c1-27-13-8-10(9-14(28-2)15(13)29-3)16-22-24-18(30-16)21-17(25)23(19(24)26)12-6-4-11(20)5-7-12/h4-9H,1-3H3.